The molecule has 0 unspecified atom stereocenters. The molecule has 0 saturated heterocycles. The molecular weight excluding hydrogens is 346 g/mol. The summed E-state index contributed by atoms with van der Waals surface area (Å²) in [6.45, 7) is 7.73. The molecule has 0 fully saturated rings. The quantitative estimate of drug-likeness (QED) is 0.490. The molecule has 1 aromatic heterocycles. The number of hydrogen-bond donors (Lipinski definition) is 0. The van der Waals surface area contributed by atoms with Crippen LogP contribution >= 0.6 is 0 Å². The minimum Gasteiger partial charge on any atom is -1.00 e. The summed E-state index contributed by atoms with van der Waals surface area (Å²) in [5, 5.41) is 0. The molecule has 0 N–H and O–H groups in total. The lowest BCUT2D eigenvalue weighted by molar-refractivity contribution is -0.697. The van der Waals surface area contributed by atoms with Gasteiger partial charge in [-0.1, -0.05) is 37.6 Å². The molecular formula is C21H30BrN. The van der Waals surface area contributed by atoms with E-state index < -0.39 is 0 Å². The Morgan fingerprint density at radius 1 is 0.783 bits per heavy atom. The fourth-order valence-electron chi connectivity index (χ4n) is 2.75. The van der Waals surface area contributed by atoms with E-state index in [1.54, 1.807) is 0 Å². The summed E-state index contributed by atoms with van der Waals surface area (Å²) in [5.74, 6) is 0. The average molecular weight is 376 g/mol. The number of halogens is 1. The van der Waals surface area contributed by atoms with Gasteiger partial charge in [-0.15, -0.1) is 0 Å². The highest BCUT2D eigenvalue weighted by molar-refractivity contribution is 5.22. The van der Waals surface area contributed by atoms with Crippen molar-refractivity contribution in [2.45, 2.75) is 65.8 Å². The van der Waals surface area contributed by atoms with E-state index in [1.807, 2.05) is 0 Å². The van der Waals surface area contributed by atoms with Crippen molar-refractivity contribution in [1.29, 1.82) is 0 Å². The Labute approximate surface area is 152 Å². The maximum Gasteiger partial charge on any atom is 0.171 e. The van der Waals surface area contributed by atoms with E-state index in [0.717, 1.165) is 6.54 Å². The third kappa shape index (κ3) is 6.87. The number of unbranched alkanes of at least 4 members (excludes halogenated alkanes) is 2. The van der Waals surface area contributed by atoms with Crippen molar-refractivity contribution in [1.82, 2.24) is 0 Å². The molecule has 0 amide bonds. The monoisotopic (exact) mass is 375 g/mol. The molecule has 0 saturated carbocycles. The maximum absolute atomic E-state index is 2.32. The van der Waals surface area contributed by atoms with Gasteiger partial charge in [0.2, 0.25) is 0 Å². The Hall–Kier alpha value is -1.15. The number of benzene rings is 1. The maximum atomic E-state index is 2.32. The second kappa shape index (κ2) is 10.6. The van der Waals surface area contributed by atoms with Crippen LogP contribution in [0.3, 0.4) is 0 Å². The lowest BCUT2D eigenvalue weighted by atomic mass is 10.0. The van der Waals surface area contributed by atoms with E-state index in [2.05, 4.69) is 68.1 Å². The number of pyridine rings is 1. The van der Waals surface area contributed by atoms with Crippen LogP contribution < -0.4 is 21.5 Å². The Balaban J connectivity index is 0.00000264. The minimum atomic E-state index is 0. The summed E-state index contributed by atoms with van der Waals surface area (Å²) in [6, 6.07) is 11.5. The Morgan fingerprint density at radius 2 is 1.39 bits per heavy atom. The third-order valence-electron chi connectivity index (χ3n) is 4.47. The van der Waals surface area contributed by atoms with Gasteiger partial charge in [0, 0.05) is 18.1 Å². The van der Waals surface area contributed by atoms with E-state index in [1.165, 1.54) is 60.8 Å². The number of aryl methyl sites for hydroxylation is 5. The molecule has 2 heteroatoms. The van der Waals surface area contributed by atoms with E-state index in [0.29, 0.717) is 0 Å². The van der Waals surface area contributed by atoms with Crippen molar-refractivity contribution in [2.24, 2.45) is 0 Å². The van der Waals surface area contributed by atoms with Crippen molar-refractivity contribution in [3.8, 4) is 0 Å². The molecule has 2 rings (SSSR count). The van der Waals surface area contributed by atoms with E-state index in [-0.39, 0.29) is 17.0 Å². The predicted molar refractivity (Wildman–Crippen MR) is 94.1 cm³/mol. The Bertz CT molecular complexity index is 575. The molecule has 0 aliphatic carbocycles. The van der Waals surface area contributed by atoms with Crippen LogP contribution in [0.1, 0.15) is 54.9 Å². The second-order valence-corrected chi connectivity index (χ2v) is 6.43. The summed E-state index contributed by atoms with van der Waals surface area (Å²) >= 11 is 0. The molecule has 0 aliphatic rings. The van der Waals surface area contributed by atoms with Crippen LogP contribution in [0.15, 0.2) is 42.7 Å². The van der Waals surface area contributed by atoms with Gasteiger partial charge in [-0.2, -0.15) is 0 Å². The average Bonchev–Trinajstić information content (AvgIpc) is 2.54. The first-order valence-corrected chi connectivity index (χ1v) is 8.73. The van der Waals surface area contributed by atoms with Crippen LogP contribution in [0, 0.1) is 13.8 Å². The van der Waals surface area contributed by atoms with Crippen molar-refractivity contribution in [2.75, 3.05) is 0 Å². The van der Waals surface area contributed by atoms with Gasteiger partial charge in [0.15, 0.2) is 12.4 Å². The molecule has 2 aromatic rings. The van der Waals surface area contributed by atoms with Crippen molar-refractivity contribution in [3.63, 3.8) is 0 Å². The summed E-state index contributed by atoms with van der Waals surface area (Å²) in [7, 11) is 0. The number of rotatable bonds is 8. The smallest absolute Gasteiger partial charge is 0.171 e. The van der Waals surface area contributed by atoms with Crippen molar-refractivity contribution >= 4 is 0 Å². The fourth-order valence-corrected chi connectivity index (χ4v) is 2.75. The topological polar surface area (TPSA) is 3.88 Å². The van der Waals surface area contributed by atoms with E-state index >= 15 is 0 Å². The predicted octanol–water partition coefficient (Wildman–Crippen LogP) is 1.96. The van der Waals surface area contributed by atoms with Gasteiger partial charge < -0.3 is 17.0 Å². The number of hydrogen-bond acceptors (Lipinski definition) is 0. The van der Waals surface area contributed by atoms with E-state index in [9.17, 15) is 0 Å². The molecule has 0 radical (unpaired) electrons. The summed E-state index contributed by atoms with van der Waals surface area (Å²) in [5.41, 5.74) is 5.71. The van der Waals surface area contributed by atoms with Crippen LogP contribution in [0.2, 0.25) is 0 Å². The Kier molecular flexibility index (Phi) is 9.16. The lowest BCUT2D eigenvalue weighted by Crippen LogP contribution is -3.00. The van der Waals surface area contributed by atoms with E-state index in [4.69, 9.17) is 0 Å². The standard InChI is InChI=1S/C21H30N.BrH/c1-4-5-8-20-10-12-21(13-11-20)9-6-7-15-22-16-14-18(2)19(3)17-22;/h10-14,16-17H,4-9,15H2,1-3H3;1H/q+1;/p-1. The van der Waals surface area contributed by atoms with Crippen LogP contribution in [-0.2, 0) is 19.4 Å². The molecule has 0 spiro atoms. The first kappa shape index (κ1) is 19.9. The SMILES string of the molecule is CCCCc1ccc(CCCC[n+]2ccc(C)c(C)c2)cc1.[Br-]. The largest absolute Gasteiger partial charge is 1.00 e. The summed E-state index contributed by atoms with van der Waals surface area (Å²) in [4.78, 5) is 0. The highest BCUT2D eigenvalue weighted by atomic mass is 79.9. The Morgan fingerprint density at radius 3 is 1.96 bits per heavy atom. The summed E-state index contributed by atoms with van der Waals surface area (Å²) < 4.78 is 2.32. The lowest BCUT2D eigenvalue weighted by Gasteiger charge is -2.04. The van der Waals surface area contributed by atoms with Crippen LogP contribution in [0.25, 0.3) is 0 Å². The van der Waals surface area contributed by atoms with Crippen LogP contribution in [0.5, 0.6) is 0 Å². The van der Waals surface area contributed by atoms with Gasteiger partial charge in [0.1, 0.15) is 6.54 Å². The van der Waals surface area contributed by atoms with Gasteiger partial charge in [-0.25, -0.2) is 4.57 Å². The molecule has 0 bridgehead atoms. The zero-order valence-corrected chi connectivity index (χ0v) is 16.4. The number of aromatic nitrogens is 1. The first-order valence-electron chi connectivity index (χ1n) is 8.73. The fraction of sp³-hybridized carbons (Fsp3) is 0.476. The van der Waals surface area contributed by atoms with Crippen LogP contribution in [-0.4, -0.2) is 0 Å². The second-order valence-electron chi connectivity index (χ2n) is 6.43. The zero-order valence-electron chi connectivity index (χ0n) is 14.8. The molecule has 23 heavy (non-hydrogen) atoms. The molecule has 126 valence electrons. The van der Waals surface area contributed by atoms with Gasteiger partial charge in [-0.3, -0.25) is 0 Å². The van der Waals surface area contributed by atoms with Crippen LogP contribution in [0.4, 0.5) is 0 Å². The number of nitrogens with zero attached hydrogens (tertiary/aromatic N) is 1. The van der Waals surface area contributed by atoms with Crippen molar-refractivity contribution in [3.05, 3.63) is 65.0 Å². The van der Waals surface area contributed by atoms with Gasteiger partial charge in [0.05, 0.1) is 0 Å². The van der Waals surface area contributed by atoms with Gasteiger partial charge >= 0.3 is 0 Å². The van der Waals surface area contributed by atoms with Gasteiger partial charge in [-0.05, 0) is 56.2 Å². The highest BCUT2D eigenvalue weighted by Crippen LogP contribution is 2.10. The molecule has 1 heterocycles. The van der Waals surface area contributed by atoms with Gasteiger partial charge in [0.25, 0.3) is 0 Å². The molecule has 0 atom stereocenters. The summed E-state index contributed by atoms with van der Waals surface area (Å²) in [6.07, 6.45) is 12.0. The molecule has 1 nitrogen and oxygen atoms in total. The molecule has 1 aromatic carbocycles. The third-order valence-corrected chi connectivity index (χ3v) is 4.47. The zero-order chi connectivity index (χ0) is 15.8. The van der Waals surface area contributed by atoms with Crippen molar-refractivity contribution < 1.29 is 21.5 Å². The normalized spacial score (nSPS) is 10.4. The highest BCUT2D eigenvalue weighted by Gasteiger charge is 2.03. The minimum absolute atomic E-state index is 0. The molecule has 0 aliphatic heterocycles. The first-order chi connectivity index (χ1) is 10.7.